The van der Waals surface area contributed by atoms with E-state index in [1.807, 2.05) is 0 Å². The van der Waals surface area contributed by atoms with Crippen LogP contribution >= 0.6 is 0 Å². The Balaban J connectivity index is 1.76. The number of phenolic OH excluding ortho intramolecular Hbond substituents is 1. The van der Waals surface area contributed by atoms with Crippen molar-refractivity contribution < 1.29 is 19.4 Å². The number of aromatic hydroxyl groups is 1. The summed E-state index contributed by atoms with van der Waals surface area (Å²) in [5, 5.41) is 9.81. The highest BCUT2D eigenvalue weighted by molar-refractivity contribution is 5.83. The number of carbonyl (C=O) groups excluding carboxylic acids is 2. The first kappa shape index (κ1) is 14.8. The van der Waals surface area contributed by atoms with Crippen LogP contribution in [0.1, 0.15) is 5.56 Å². The zero-order valence-corrected chi connectivity index (χ0v) is 12.6. The molecule has 2 aliphatic heterocycles. The van der Waals surface area contributed by atoms with Crippen molar-refractivity contribution in [2.45, 2.75) is 12.5 Å². The number of nitrogens with zero attached hydrogens (tertiary/aromatic N) is 2. The lowest BCUT2D eigenvalue weighted by atomic mass is 10.1. The molecular formula is C16H20N2O4. The van der Waals surface area contributed by atoms with Gasteiger partial charge in [-0.2, -0.15) is 0 Å². The molecule has 0 aliphatic carbocycles. The Labute approximate surface area is 129 Å². The molecule has 22 heavy (non-hydrogen) atoms. The maximum absolute atomic E-state index is 12.6. The standard InChI is InChI=1S/C16H20N2O4/c1-17-13-8-18(7-12(16(17)21)9-22-10-13)15(20)6-11-4-2-3-5-14(11)19/h2-5,12-13,19H,6-10H2,1H3/t12-,13+/m1/s1. The highest BCUT2D eigenvalue weighted by atomic mass is 16.5. The van der Waals surface area contributed by atoms with Crippen LogP contribution in [0.2, 0.25) is 0 Å². The summed E-state index contributed by atoms with van der Waals surface area (Å²) in [6.45, 7) is 1.68. The number of phenols is 1. The Kier molecular flexibility index (Phi) is 4.02. The van der Waals surface area contributed by atoms with Gasteiger partial charge in [0.1, 0.15) is 5.75 Å². The number of fused-ring (bicyclic) bond motifs is 3. The van der Waals surface area contributed by atoms with Gasteiger partial charge in [-0.15, -0.1) is 0 Å². The van der Waals surface area contributed by atoms with Gasteiger partial charge in [0.2, 0.25) is 11.8 Å². The van der Waals surface area contributed by atoms with Crippen molar-refractivity contribution in [1.29, 1.82) is 0 Å². The molecule has 2 atom stereocenters. The van der Waals surface area contributed by atoms with Crippen LogP contribution in [0.5, 0.6) is 5.75 Å². The maximum atomic E-state index is 12.6. The fourth-order valence-electron chi connectivity index (χ4n) is 3.04. The SMILES string of the molecule is CN1C(=O)[C@H]2COC[C@@H]1CN(C(=O)Cc1ccccc1O)C2. The fraction of sp³-hybridized carbons (Fsp3) is 0.500. The van der Waals surface area contributed by atoms with Gasteiger partial charge < -0.3 is 19.6 Å². The molecular weight excluding hydrogens is 284 g/mol. The van der Waals surface area contributed by atoms with Crippen LogP contribution in [0.4, 0.5) is 0 Å². The van der Waals surface area contributed by atoms with Gasteiger partial charge in [0.15, 0.2) is 0 Å². The van der Waals surface area contributed by atoms with Crippen LogP contribution in [0.25, 0.3) is 0 Å². The Hall–Kier alpha value is -2.08. The van der Waals surface area contributed by atoms with Gasteiger partial charge in [-0.3, -0.25) is 9.59 Å². The highest BCUT2D eigenvalue weighted by Gasteiger charge is 2.38. The molecule has 1 aromatic carbocycles. The van der Waals surface area contributed by atoms with E-state index >= 15 is 0 Å². The van der Waals surface area contributed by atoms with Crippen molar-refractivity contribution in [3.05, 3.63) is 29.8 Å². The molecule has 2 fully saturated rings. The van der Waals surface area contributed by atoms with Crippen LogP contribution < -0.4 is 0 Å². The molecule has 0 spiro atoms. The number of amides is 2. The number of carbonyl (C=O) groups is 2. The molecule has 0 radical (unpaired) electrons. The van der Waals surface area contributed by atoms with Crippen LogP contribution in [0.15, 0.2) is 24.3 Å². The lowest BCUT2D eigenvalue weighted by Crippen LogP contribution is -2.45. The second kappa shape index (κ2) is 5.96. The minimum Gasteiger partial charge on any atom is -0.508 e. The summed E-state index contributed by atoms with van der Waals surface area (Å²) in [6, 6.07) is 6.74. The number of ether oxygens (including phenoxy) is 1. The molecule has 2 aliphatic rings. The summed E-state index contributed by atoms with van der Waals surface area (Å²) in [6.07, 6.45) is 0.144. The first-order valence-corrected chi connectivity index (χ1v) is 7.45. The Morgan fingerprint density at radius 3 is 2.86 bits per heavy atom. The smallest absolute Gasteiger partial charge is 0.229 e. The molecule has 118 valence electrons. The topological polar surface area (TPSA) is 70.1 Å². The van der Waals surface area contributed by atoms with E-state index in [0.29, 0.717) is 31.9 Å². The number of para-hydroxylation sites is 1. The van der Waals surface area contributed by atoms with Crippen molar-refractivity contribution in [3.63, 3.8) is 0 Å². The predicted molar refractivity (Wildman–Crippen MR) is 79.3 cm³/mol. The van der Waals surface area contributed by atoms with E-state index < -0.39 is 0 Å². The van der Waals surface area contributed by atoms with E-state index in [1.165, 1.54) is 0 Å². The zero-order chi connectivity index (χ0) is 15.7. The largest absolute Gasteiger partial charge is 0.508 e. The molecule has 2 saturated heterocycles. The van der Waals surface area contributed by atoms with Gasteiger partial charge in [0.05, 0.1) is 31.6 Å². The average Bonchev–Trinajstić information content (AvgIpc) is 2.67. The van der Waals surface area contributed by atoms with Crippen molar-refractivity contribution in [3.8, 4) is 5.75 Å². The summed E-state index contributed by atoms with van der Waals surface area (Å²) in [5.74, 6) is -0.199. The third-order valence-electron chi connectivity index (χ3n) is 4.43. The lowest BCUT2D eigenvalue weighted by molar-refractivity contribution is -0.134. The Bertz CT molecular complexity index is 589. The van der Waals surface area contributed by atoms with Crippen LogP contribution in [-0.2, 0) is 20.7 Å². The molecule has 3 rings (SSSR count). The van der Waals surface area contributed by atoms with Crippen molar-refractivity contribution in [2.75, 3.05) is 33.4 Å². The summed E-state index contributed by atoms with van der Waals surface area (Å²) in [5.41, 5.74) is 0.609. The zero-order valence-electron chi connectivity index (χ0n) is 12.6. The minimum absolute atomic E-state index is 0.0420. The summed E-state index contributed by atoms with van der Waals surface area (Å²) < 4.78 is 5.53. The summed E-state index contributed by atoms with van der Waals surface area (Å²) in [7, 11) is 1.77. The molecule has 0 saturated carbocycles. The van der Waals surface area contributed by atoms with Gasteiger partial charge in [0.25, 0.3) is 0 Å². The predicted octanol–water partition coefficient (Wildman–Crippen LogP) is 0.250. The third kappa shape index (κ3) is 2.78. The number of hydrogen-bond acceptors (Lipinski definition) is 4. The normalized spacial score (nSPS) is 25.0. The molecule has 2 bridgehead atoms. The number of benzene rings is 1. The fourth-order valence-corrected chi connectivity index (χ4v) is 3.04. The second-order valence-corrected chi connectivity index (χ2v) is 5.94. The first-order valence-electron chi connectivity index (χ1n) is 7.45. The number of rotatable bonds is 2. The van der Waals surface area contributed by atoms with Gasteiger partial charge in [-0.1, -0.05) is 18.2 Å². The van der Waals surface area contributed by atoms with Crippen molar-refractivity contribution in [1.82, 2.24) is 9.80 Å². The Morgan fingerprint density at radius 2 is 2.09 bits per heavy atom. The van der Waals surface area contributed by atoms with Gasteiger partial charge in [-0.25, -0.2) is 0 Å². The van der Waals surface area contributed by atoms with Crippen molar-refractivity contribution in [2.24, 2.45) is 5.92 Å². The number of hydrogen-bond donors (Lipinski definition) is 1. The van der Waals surface area contributed by atoms with Gasteiger partial charge in [0, 0.05) is 25.7 Å². The molecule has 0 aromatic heterocycles. The van der Waals surface area contributed by atoms with Gasteiger partial charge in [-0.05, 0) is 6.07 Å². The molecule has 0 unspecified atom stereocenters. The van der Waals surface area contributed by atoms with E-state index in [2.05, 4.69) is 0 Å². The third-order valence-corrected chi connectivity index (χ3v) is 4.43. The van der Waals surface area contributed by atoms with Gasteiger partial charge >= 0.3 is 0 Å². The van der Waals surface area contributed by atoms with E-state index in [1.54, 1.807) is 41.1 Å². The van der Waals surface area contributed by atoms with Crippen LogP contribution in [0.3, 0.4) is 0 Å². The molecule has 1 aromatic rings. The van der Waals surface area contributed by atoms with E-state index in [0.717, 1.165) is 0 Å². The highest BCUT2D eigenvalue weighted by Crippen LogP contribution is 2.22. The summed E-state index contributed by atoms with van der Waals surface area (Å²) in [4.78, 5) is 28.3. The lowest BCUT2D eigenvalue weighted by Gasteiger charge is -2.29. The van der Waals surface area contributed by atoms with Crippen molar-refractivity contribution >= 4 is 11.8 Å². The van der Waals surface area contributed by atoms with E-state index in [-0.39, 0.29) is 35.9 Å². The van der Waals surface area contributed by atoms with Crippen LogP contribution in [-0.4, -0.2) is 66.1 Å². The van der Waals surface area contributed by atoms with E-state index in [4.69, 9.17) is 4.74 Å². The minimum atomic E-state index is -0.300. The molecule has 1 N–H and O–H groups in total. The molecule has 6 nitrogen and oxygen atoms in total. The maximum Gasteiger partial charge on any atom is 0.229 e. The van der Waals surface area contributed by atoms with Crippen LogP contribution in [0, 0.1) is 5.92 Å². The molecule has 2 heterocycles. The summed E-state index contributed by atoms with van der Waals surface area (Å²) >= 11 is 0. The Morgan fingerprint density at radius 1 is 1.32 bits per heavy atom. The molecule has 6 heteroatoms. The number of likely N-dealkylation sites (N-methyl/N-ethyl adjacent to an activating group) is 1. The second-order valence-electron chi connectivity index (χ2n) is 5.94. The molecule has 2 amide bonds. The van der Waals surface area contributed by atoms with E-state index in [9.17, 15) is 14.7 Å². The quantitative estimate of drug-likeness (QED) is 0.850. The monoisotopic (exact) mass is 304 g/mol. The first-order chi connectivity index (χ1) is 10.6. The average molecular weight is 304 g/mol.